The average molecular weight is 322 g/mol. The van der Waals surface area contributed by atoms with Crippen molar-refractivity contribution in [2.75, 3.05) is 0 Å². The van der Waals surface area contributed by atoms with Crippen molar-refractivity contribution in [3.8, 4) is 0 Å². The van der Waals surface area contributed by atoms with Crippen LogP contribution in [0.25, 0.3) is 5.52 Å². The van der Waals surface area contributed by atoms with Gasteiger partial charge in [-0.3, -0.25) is 16.3 Å². The lowest BCUT2D eigenvalue weighted by atomic mass is 10.0. The Hall–Kier alpha value is -1.66. The van der Waals surface area contributed by atoms with E-state index in [4.69, 9.17) is 29.0 Å². The molecular weight excluding hydrogens is 309 g/mol. The van der Waals surface area contributed by atoms with Gasteiger partial charge in [-0.15, -0.1) is 0 Å². The Morgan fingerprint density at radius 3 is 2.86 bits per heavy atom. The molecule has 0 fully saturated rings. The molecule has 0 aliphatic rings. The predicted octanol–water partition coefficient (Wildman–Crippen LogP) is 2.78. The predicted molar refractivity (Wildman–Crippen MR) is 83.2 cm³/mol. The van der Waals surface area contributed by atoms with Crippen molar-refractivity contribution in [1.82, 2.24) is 20.0 Å². The van der Waals surface area contributed by atoms with Crippen LogP contribution in [-0.4, -0.2) is 14.6 Å². The SMILES string of the molecule is NNC(Cc1ccc(Cl)c(Cl)c1)c1cnn2ccncc12. The van der Waals surface area contributed by atoms with Gasteiger partial charge in [0, 0.05) is 18.0 Å². The molecule has 0 bridgehead atoms. The van der Waals surface area contributed by atoms with Crippen LogP contribution in [0.3, 0.4) is 0 Å². The van der Waals surface area contributed by atoms with E-state index < -0.39 is 0 Å². The van der Waals surface area contributed by atoms with Crippen LogP contribution in [0.15, 0.2) is 43.0 Å². The zero-order valence-electron chi connectivity index (χ0n) is 11.0. The fraction of sp³-hybridized carbons (Fsp3) is 0.143. The van der Waals surface area contributed by atoms with E-state index in [1.807, 2.05) is 12.1 Å². The molecule has 0 spiro atoms. The maximum atomic E-state index is 6.05. The molecular formula is C14H13Cl2N5. The molecule has 21 heavy (non-hydrogen) atoms. The minimum Gasteiger partial charge on any atom is -0.271 e. The lowest BCUT2D eigenvalue weighted by Gasteiger charge is -2.15. The van der Waals surface area contributed by atoms with Crippen LogP contribution >= 0.6 is 23.2 Å². The molecule has 0 aliphatic carbocycles. The van der Waals surface area contributed by atoms with Crippen LogP contribution < -0.4 is 11.3 Å². The van der Waals surface area contributed by atoms with Gasteiger partial charge >= 0.3 is 0 Å². The summed E-state index contributed by atoms with van der Waals surface area (Å²) in [6, 6.07) is 5.47. The molecule has 2 heterocycles. The molecule has 1 aromatic carbocycles. The minimum atomic E-state index is -0.0936. The van der Waals surface area contributed by atoms with Gasteiger partial charge in [-0.2, -0.15) is 5.10 Å². The second-order valence-corrected chi connectivity index (χ2v) is 5.49. The van der Waals surface area contributed by atoms with Gasteiger partial charge in [0.05, 0.1) is 34.0 Å². The molecule has 0 aliphatic heterocycles. The van der Waals surface area contributed by atoms with Crippen molar-refractivity contribution in [3.05, 3.63) is 64.2 Å². The first kappa shape index (κ1) is 14.3. The van der Waals surface area contributed by atoms with Gasteiger partial charge in [-0.1, -0.05) is 29.3 Å². The van der Waals surface area contributed by atoms with Crippen LogP contribution in [0, 0.1) is 0 Å². The van der Waals surface area contributed by atoms with Gasteiger partial charge in [-0.25, -0.2) is 4.52 Å². The lowest BCUT2D eigenvalue weighted by Crippen LogP contribution is -2.29. The first-order valence-electron chi connectivity index (χ1n) is 6.36. The fourth-order valence-electron chi connectivity index (χ4n) is 2.28. The highest BCUT2D eigenvalue weighted by Gasteiger charge is 2.16. The number of hydrazine groups is 1. The zero-order chi connectivity index (χ0) is 14.8. The molecule has 0 saturated carbocycles. The number of fused-ring (bicyclic) bond motifs is 1. The maximum absolute atomic E-state index is 6.05. The normalized spacial score (nSPS) is 12.7. The Labute approximate surface area is 131 Å². The Kier molecular flexibility index (Phi) is 4.07. The highest BCUT2D eigenvalue weighted by molar-refractivity contribution is 6.42. The molecule has 1 unspecified atom stereocenters. The average Bonchev–Trinajstić information content (AvgIpc) is 2.92. The zero-order valence-corrected chi connectivity index (χ0v) is 12.5. The standard InChI is InChI=1S/C14H13Cl2N5/c15-11-2-1-9(5-12(11)16)6-13(20-17)10-7-19-21-4-3-18-8-14(10)21/h1-5,7-8,13,20H,6,17H2. The molecule has 7 heteroatoms. The molecule has 3 N–H and O–H groups in total. The van der Waals surface area contributed by atoms with Crippen molar-refractivity contribution in [3.63, 3.8) is 0 Å². The van der Waals surface area contributed by atoms with Crippen molar-refractivity contribution in [2.45, 2.75) is 12.5 Å². The summed E-state index contributed by atoms with van der Waals surface area (Å²) in [7, 11) is 0. The largest absolute Gasteiger partial charge is 0.271 e. The van der Waals surface area contributed by atoms with E-state index in [1.165, 1.54) is 0 Å². The molecule has 2 aromatic heterocycles. The number of halogens is 2. The third-order valence-electron chi connectivity index (χ3n) is 3.36. The smallest absolute Gasteiger partial charge is 0.0893 e. The van der Waals surface area contributed by atoms with Gasteiger partial charge < -0.3 is 0 Å². The van der Waals surface area contributed by atoms with Gasteiger partial charge in [0.2, 0.25) is 0 Å². The molecule has 3 aromatic rings. The molecule has 1 atom stereocenters. The van der Waals surface area contributed by atoms with E-state index in [2.05, 4.69) is 15.5 Å². The van der Waals surface area contributed by atoms with Crippen LogP contribution in [-0.2, 0) is 6.42 Å². The summed E-state index contributed by atoms with van der Waals surface area (Å²) in [5.41, 5.74) is 5.76. The monoisotopic (exact) mass is 321 g/mol. The van der Waals surface area contributed by atoms with Gasteiger partial charge in [-0.05, 0) is 24.1 Å². The number of nitrogens with one attached hydrogen (secondary N) is 1. The summed E-state index contributed by atoms with van der Waals surface area (Å²) in [6.45, 7) is 0. The number of hydrogen-bond acceptors (Lipinski definition) is 4. The first-order chi connectivity index (χ1) is 10.2. The lowest BCUT2D eigenvalue weighted by molar-refractivity contribution is 0.555. The number of nitrogens with two attached hydrogens (primary N) is 1. The van der Waals surface area contributed by atoms with Crippen molar-refractivity contribution >= 4 is 28.7 Å². The van der Waals surface area contributed by atoms with E-state index >= 15 is 0 Å². The number of benzene rings is 1. The van der Waals surface area contributed by atoms with Gasteiger partial charge in [0.25, 0.3) is 0 Å². The molecule has 3 rings (SSSR count). The summed E-state index contributed by atoms with van der Waals surface area (Å²) < 4.78 is 1.77. The van der Waals surface area contributed by atoms with E-state index in [1.54, 1.807) is 35.4 Å². The Balaban J connectivity index is 1.93. The van der Waals surface area contributed by atoms with E-state index in [-0.39, 0.29) is 6.04 Å². The Morgan fingerprint density at radius 2 is 2.10 bits per heavy atom. The summed E-state index contributed by atoms with van der Waals surface area (Å²) in [5.74, 6) is 5.70. The Bertz CT molecular complexity index is 771. The Morgan fingerprint density at radius 1 is 1.24 bits per heavy atom. The van der Waals surface area contributed by atoms with Crippen LogP contribution in [0.5, 0.6) is 0 Å². The van der Waals surface area contributed by atoms with Gasteiger partial charge in [0.1, 0.15) is 0 Å². The summed E-state index contributed by atoms with van der Waals surface area (Å²) in [5, 5.41) is 5.37. The molecule has 5 nitrogen and oxygen atoms in total. The number of rotatable bonds is 4. The number of aromatic nitrogens is 3. The van der Waals surface area contributed by atoms with E-state index in [9.17, 15) is 0 Å². The highest BCUT2D eigenvalue weighted by Crippen LogP contribution is 2.26. The van der Waals surface area contributed by atoms with Crippen molar-refractivity contribution < 1.29 is 0 Å². The maximum Gasteiger partial charge on any atom is 0.0893 e. The third kappa shape index (κ3) is 2.87. The molecule has 0 radical (unpaired) electrons. The molecule has 108 valence electrons. The van der Waals surface area contributed by atoms with Crippen LogP contribution in [0.4, 0.5) is 0 Å². The molecule has 0 saturated heterocycles. The van der Waals surface area contributed by atoms with Crippen LogP contribution in [0.1, 0.15) is 17.2 Å². The topological polar surface area (TPSA) is 68.2 Å². The fourth-order valence-corrected chi connectivity index (χ4v) is 2.60. The van der Waals surface area contributed by atoms with E-state index in [0.29, 0.717) is 16.5 Å². The summed E-state index contributed by atoms with van der Waals surface area (Å²) in [4.78, 5) is 4.13. The second kappa shape index (κ2) is 5.99. The van der Waals surface area contributed by atoms with Crippen molar-refractivity contribution in [2.24, 2.45) is 5.84 Å². The summed E-state index contributed by atoms with van der Waals surface area (Å²) in [6.07, 6.45) is 7.71. The van der Waals surface area contributed by atoms with Gasteiger partial charge in [0.15, 0.2) is 0 Å². The summed E-state index contributed by atoms with van der Waals surface area (Å²) >= 11 is 12.0. The number of hydrogen-bond donors (Lipinski definition) is 2. The highest BCUT2D eigenvalue weighted by atomic mass is 35.5. The second-order valence-electron chi connectivity index (χ2n) is 4.68. The first-order valence-corrected chi connectivity index (χ1v) is 7.12. The quantitative estimate of drug-likeness (QED) is 0.572. The minimum absolute atomic E-state index is 0.0936. The van der Waals surface area contributed by atoms with Crippen molar-refractivity contribution in [1.29, 1.82) is 0 Å². The number of nitrogens with zero attached hydrogens (tertiary/aromatic N) is 3. The molecule has 0 amide bonds. The van der Waals surface area contributed by atoms with Crippen LogP contribution in [0.2, 0.25) is 10.0 Å². The third-order valence-corrected chi connectivity index (χ3v) is 4.09. The van der Waals surface area contributed by atoms with E-state index in [0.717, 1.165) is 16.6 Å².